The van der Waals surface area contributed by atoms with Crippen molar-refractivity contribution in [3.63, 3.8) is 0 Å². The lowest BCUT2D eigenvalue weighted by molar-refractivity contribution is 0.668. The largest absolute Gasteiger partial charge is 0.454 e. The highest BCUT2D eigenvalue weighted by Gasteiger charge is 2.16. The molecule has 0 amide bonds. The summed E-state index contributed by atoms with van der Waals surface area (Å²) in [5.41, 5.74) is 8.32. The molecular formula is C40H24N6O. The van der Waals surface area contributed by atoms with Gasteiger partial charge in [0.15, 0.2) is 28.9 Å². The summed E-state index contributed by atoms with van der Waals surface area (Å²) in [5.74, 6) is 2.44. The van der Waals surface area contributed by atoms with Gasteiger partial charge in [-0.2, -0.15) is 0 Å². The van der Waals surface area contributed by atoms with E-state index in [2.05, 4.69) is 0 Å². The van der Waals surface area contributed by atoms with Gasteiger partial charge >= 0.3 is 0 Å². The normalized spacial score (nSPS) is 11.4. The lowest BCUT2D eigenvalue weighted by Gasteiger charge is -2.10. The molecular weight excluding hydrogens is 580 g/mol. The second kappa shape index (κ2) is 11.1. The lowest BCUT2D eigenvalue weighted by Crippen LogP contribution is -2.00. The molecule has 0 atom stereocenters. The van der Waals surface area contributed by atoms with Gasteiger partial charge in [-0.1, -0.05) is 115 Å². The summed E-state index contributed by atoms with van der Waals surface area (Å²) in [6.07, 6.45) is 0. The van der Waals surface area contributed by atoms with Gasteiger partial charge in [0, 0.05) is 33.0 Å². The van der Waals surface area contributed by atoms with Crippen molar-refractivity contribution >= 4 is 33.0 Å². The second-order valence-corrected chi connectivity index (χ2v) is 11.2. The van der Waals surface area contributed by atoms with E-state index in [0.717, 1.165) is 66.6 Å². The summed E-state index contributed by atoms with van der Waals surface area (Å²) in [6, 6.07) is 47.9. The lowest BCUT2D eigenvalue weighted by atomic mass is 10.1. The molecule has 7 heteroatoms. The third kappa shape index (κ3) is 4.87. The monoisotopic (exact) mass is 604 g/mol. The Morgan fingerprint density at radius 1 is 0.340 bits per heavy atom. The number of hydrogen-bond donors (Lipinski definition) is 0. The first-order chi connectivity index (χ1) is 23.3. The minimum atomic E-state index is 0.592. The summed E-state index contributed by atoms with van der Waals surface area (Å²) >= 11 is 0. The van der Waals surface area contributed by atoms with Crippen LogP contribution in [-0.4, -0.2) is 29.9 Å². The fraction of sp³-hybridized carbons (Fsp3) is 0. The summed E-state index contributed by atoms with van der Waals surface area (Å²) in [5, 5.41) is 1.90. The van der Waals surface area contributed by atoms with Crippen LogP contribution in [0.1, 0.15) is 0 Å². The van der Waals surface area contributed by atoms with Gasteiger partial charge in [0.2, 0.25) is 0 Å². The van der Waals surface area contributed by atoms with Crippen molar-refractivity contribution < 1.29 is 4.42 Å². The molecule has 0 saturated carbocycles. The maximum atomic E-state index is 6.03. The molecule has 9 rings (SSSR count). The van der Waals surface area contributed by atoms with E-state index in [9.17, 15) is 0 Å². The molecule has 4 aromatic heterocycles. The first-order valence-electron chi connectivity index (χ1n) is 15.3. The van der Waals surface area contributed by atoms with Crippen LogP contribution in [-0.2, 0) is 0 Å². The van der Waals surface area contributed by atoms with Crippen molar-refractivity contribution in [2.45, 2.75) is 0 Å². The van der Waals surface area contributed by atoms with Gasteiger partial charge in [-0.3, -0.25) is 0 Å². The third-order valence-electron chi connectivity index (χ3n) is 8.17. The first kappa shape index (κ1) is 26.8. The highest BCUT2D eigenvalue weighted by Crippen LogP contribution is 2.33. The van der Waals surface area contributed by atoms with Crippen molar-refractivity contribution in [1.29, 1.82) is 0 Å². The van der Waals surface area contributed by atoms with Crippen LogP contribution in [0, 0.1) is 0 Å². The van der Waals surface area contributed by atoms with E-state index in [1.165, 1.54) is 0 Å². The molecule has 0 aliphatic rings. The van der Waals surface area contributed by atoms with Gasteiger partial charge in [-0.15, -0.1) is 0 Å². The highest BCUT2D eigenvalue weighted by atomic mass is 16.3. The number of aromatic nitrogens is 6. The van der Waals surface area contributed by atoms with Crippen LogP contribution < -0.4 is 0 Å². The zero-order chi connectivity index (χ0) is 31.2. The van der Waals surface area contributed by atoms with Crippen molar-refractivity contribution in [3.8, 4) is 56.9 Å². The fourth-order valence-electron chi connectivity index (χ4n) is 5.83. The Balaban J connectivity index is 1.14. The Hall–Kier alpha value is -6.60. The number of nitrogens with zero attached hydrogens (tertiary/aromatic N) is 6. The minimum absolute atomic E-state index is 0.592. The van der Waals surface area contributed by atoms with Crippen LogP contribution in [0.5, 0.6) is 0 Å². The number of para-hydroxylation sites is 2. The predicted octanol–water partition coefficient (Wildman–Crippen LogP) is 9.44. The predicted molar refractivity (Wildman–Crippen MR) is 185 cm³/mol. The quantitative estimate of drug-likeness (QED) is 0.193. The van der Waals surface area contributed by atoms with E-state index in [0.29, 0.717) is 23.3 Å². The zero-order valence-corrected chi connectivity index (χ0v) is 24.9. The third-order valence-corrected chi connectivity index (χ3v) is 8.17. The number of fused-ring (bicyclic) bond motifs is 4. The van der Waals surface area contributed by atoms with Gasteiger partial charge in [0.1, 0.15) is 16.8 Å². The minimum Gasteiger partial charge on any atom is -0.454 e. The van der Waals surface area contributed by atoms with Gasteiger partial charge in [-0.25, -0.2) is 29.9 Å². The molecule has 4 heterocycles. The molecule has 0 fully saturated rings. The maximum absolute atomic E-state index is 6.03. The van der Waals surface area contributed by atoms with Gasteiger partial charge < -0.3 is 4.42 Å². The Bertz CT molecular complexity index is 2510. The van der Waals surface area contributed by atoms with Crippen LogP contribution >= 0.6 is 0 Å². The Morgan fingerprint density at radius 2 is 0.851 bits per heavy atom. The molecule has 0 spiro atoms. The zero-order valence-electron chi connectivity index (χ0n) is 24.9. The van der Waals surface area contributed by atoms with Gasteiger partial charge in [-0.05, 0) is 30.3 Å². The van der Waals surface area contributed by atoms with E-state index in [1.54, 1.807) is 0 Å². The van der Waals surface area contributed by atoms with Crippen LogP contribution in [0.4, 0.5) is 0 Å². The highest BCUT2D eigenvalue weighted by molar-refractivity contribution is 6.03. The average Bonchev–Trinajstić information content (AvgIpc) is 3.53. The molecule has 5 aromatic carbocycles. The fourth-order valence-corrected chi connectivity index (χ4v) is 5.83. The smallest absolute Gasteiger partial charge is 0.164 e. The summed E-state index contributed by atoms with van der Waals surface area (Å²) in [7, 11) is 0. The second-order valence-electron chi connectivity index (χ2n) is 11.2. The summed E-state index contributed by atoms with van der Waals surface area (Å²) < 4.78 is 6.03. The number of rotatable bonds is 5. The molecule has 7 nitrogen and oxygen atoms in total. The van der Waals surface area contributed by atoms with Crippen LogP contribution in [0.25, 0.3) is 89.9 Å². The topological polar surface area (TPSA) is 90.5 Å². The number of hydrogen-bond acceptors (Lipinski definition) is 7. The molecule has 0 radical (unpaired) electrons. The van der Waals surface area contributed by atoms with Crippen molar-refractivity contribution in [2.24, 2.45) is 0 Å². The molecule has 0 aliphatic heterocycles. The van der Waals surface area contributed by atoms with E-state index in [1.807, 2.05) is 146 Å². The van der Waals surface area contributed by atoms with Crippen LogP contribution in [0.2, 0.25) is 0 Å². The molecule has 0 N–H and O–H groups in total. The Labute approximate surface area is 269 Å². The van der Waals surface area contributed by atoms with Gasteiger partial charge in [0.05, 0.1) is 11.2 Å². The summed E-state index contributed by atoms with van der Waals surface area (Å²) in [6.45, 7) is 0. The number of benzene rings is 5. The van der Waals surface area contributed by atoms with Crippen molar-refractivity contribution in [3.05, 3.63) is 146 Å². The van der Waals surface area contributed by atoms with Crippen LogP contribution in [0.15, 0.2) is 150 Å². The first-order valence-corrected chi connectivity index (χ1v) is 15.3. The van der Waals surface area contributed by atoms with E-state index in [4.69, 9.17) is 34.3 Å². The SMILES string of the molecule is c1ccc(-c2nc(-c3ccccc3)nc(-c3ccc(-c4nc(-c5ccc6oc7ccccc7c6n5)c5ccccc5n4)cc3)n2)cc1. The maximum Gasteiger partial charge on any atom is 0.164 e. The van der Waals surface area contributed by atoms with Crippen LogP contribution in [0.3, 0.4) is 0 Å². The van der Waals surface area contributed by atoms with E-state index in [-0.39, 0.29) is 0 Å². The van der Waals surface area contributed by atoms with Gasteiger partial charge in [0.25, 0.3) is 0 Å². The molecule has 0 aliphatic carbocycles. The summed E-state index contributed by atoms with van der Waals surface area (Å²) in [4.78, 5) is 29.6. The number of furan rings is 1. The van der Waals surface area contributed by atoms with E-state index >= 15 is 0 Å². The molecule has 0 bridgehead atoms. The standard InChI is InChI=1S/C40H24N6O/c1-3-11-25(12-4-1)38-44-39(26-13-5-2-6-14-26)46-40(45-38)28-21-19-27(20-22-28)37-42-31-17-9-7-15-29(31)35(43-37)32-23-24-34-36(41-32)30-16-8-10-18-33(30)47-34/h1-24H. The molecule has 0 unspecified atom stereocenters. The van der Waals surface area contributed by atoms with Crippen molar-refractivity contribution in [1.82, 2.24) is 29.9 Å². The molecule has 9 aromatic rings. The Kier molecular flexibility index (Phi) is 6.31. The van der Waals surface area contributed by atoms with Crippen molar-refractivity contribution in [2.75, 3.05) is 0 Å². The molecule has 47 heavy (non-hydrogen) atoms. The van der Waals surface area contributed by atoms with E-state index < -0.39 is 0 Å². The number of pyridine rings is 1. The average molecular weight is 605 g/mol. The molecule has 0 saturated heterocycles. The Morgan fingerprint density at radius 3 is 1.49 bits per heavy atom. The molecule has 220 valence electrons.